The Morgan fingerprint density at radius 3 is 2.24 bits per heavy atom. The fraction of sp³-hybridized carbons (Fsp3) is 0.385. The van der Waals surface area contributed by atoms with E-state index in [2.05, 4.69) is 10.1 Å². The standard InChI is InChI=1S/C13H17NO6S/c1-9(15)14-12(8-13(16)19-2)10-4-6-11(7-5-10)20-21(3,17)18/h4-7,12H,8H2,1-3H3,(H,14,15). The zero-order valence-electron chi connectivity index (χ0n) is 12.0. The second-order valence-electron chi connectivity index (χ2n) is 4.39. The summed E-state index contributed by atoms with van der Waals surface area (Å²) in [7, 11) is -2.34. The van der Waals surface area contributed by atoms with Crippen LogP contribution in [0.3, 0.4) is 0 Å². The summed E-state index contributed by atoms with van der Waals surface area (Å²) in [6.45, 7) is 1.34. The Bertz CT molecular complexity index is 608. The molecule has 21 heavy (non-hydrogen) atoms. The lowest BCUT2D eigenvalue weighted by molar-refractivity contribution is -0.141. The van der Waals surface area contributed by atoms with E-state index in [9.17, 15) is 18.0 Å². The molecule has 1 aromatic carbocycles. The molecule has 0 spiro atoms. The van der Waals surface area contributed by atoms with Gasteiger partial charge in [-0.15, -0.1) is 0 Å². The van der Waals surface area contributed by atoms with E-state index in [1.807, 2.05) is 0 Å². The maximum atomic E-state index is 11.4. The van der Waals surface area contributed by atoms with Crippen molar-refractivity contribution in [2.24, 2.45) is 0 Å². The summed E-state index contributed by atoms with van der Waals surface area (Å²) in [5, 5.41) is 2.63. The molecule has 1 N–H and O–H groups in total. The zero-order chi connectivity index (χ0) is 16.0. The van der Waals surface area contributed by atoms with E-state index in [1.165, 1.54) is 26.2 Å². The van der Waals surface area contributed by atoms with Gasteiger partial charge in [-0.25, -0.2) is 0 Å². The van der Waals surface area contributed by atoms with Crippen molar-refractivity contribution < 1.29 is 26.9 Å². The second kappa shape index (κ2) is 7.07. The predicted molar refractivity (Wildman–Crippen MR) is 75.1 cm³/mol. The van der Waals surface area contributed by atoms with Crippen molar-refractivity contribution >= 4 is 22.0 Å². The van der Waals surface area contributed by atoms with Gasteiger partial charge in [0.25, 0.3) is 0 Å². The molecule has 0 aromatic heterocycles. The number of hydrogen-bond acceptors (Lipinski definition) is 6. The summed E-state index contributed by atoms with van der Waals surface area (Å²) in [6, 6.07) is 5.49. The molecule has 0 saturated carbocycles. The van der Waals surface area contributed by atoms with Crippen LogP contribution in [-0.4, -0.2) is 33.7 Å². The Hall–Kier alpha value is -2.09. The summed E-state index contributed by atoms with van der Waals surface area (Å²) in [6.07, 6.45) is 0.917. The first-order chi connectivity index (χ1) is 9.71. The molecule has 116 valence electrons. The van der Waals surface area contributed by atoms with Crippen molar-refractivity contribution in [1.82, 2.24) is 5.32 Å². The summed E-state index contributed by atoms with van der Waals surface area (Å²) in [5.41, 5.74) is 0.636. The van der Waals surface area contributed by atoms with E-state index >= 15 is 0 Å². The molecular formula is C13H17NO6S. The van der Waals surface area contributed by atoms with E-state index in [0.29, 0.717) is 5.56 Å². The van der Waals surface area contributed by atoms with Gasteiger partial charge in [0, 0.05) is 6.92 Å². The lowest BCUT2D eigenvalue weighted by atomic mass is 10.0. The lowest BCUT2D eigenvalue weighted by Crippen LogP contribution is -2.28. The summed E-state index contributed by atoms with van der Waals surface area (Å²) >= 11 is 0. The van der Waals surface area contributed by atoms with E-state index in [1.54, 1.807) is 12.1 Å². The number of rotatable bonds is 6. The highest BCUT2D eigenvalue weighted by atomic mass is 32.2. The van der Waals surface area contributed by atoms with Gasteiger partial charge in [0.15, 0.2) is 0 Å². The molecule has 8 heteroatoms. The van der Waals surface area contributed by atoms with E-state index < -0.39 is 22.1 Å². The van der Waals surface area contributed by atoms with Crippen LogP contribution in [0.4, 0.5) is 0 Å². The molecule has 0 aliphatic carbocycles. The van der Waals surface area contributed by atoms with Crippen LogP contribution in [-0.2, 0) is 24.4 Å². The lowest BCUT2D eigenvalue weighted by Gasteiger charge is -2.17. The molecule has 1 unspecified atom stereocenters. The fourth-order valence-corrected chi connectivity index (χ4v) is 2.14. The van der Waals surface area contributed by atoms with Crippen LogP contribution in [0.5, 0.6) is 5.75 Å². The van der Waals surface area contributed by atoms with Gasteiger partial charge in [0.05, 0.1) is 25.8 Å². The van der Waals surface area contributed by atoms with Crippen molar-refractivity contribution in [2.45, 2.75) is 19.4 Å². The maximum Gasteiger partial charge on any atom is 0.307 e. The first-order valence-corrected chi connectivity index (χ1v) is 7.86. The van der Waals surface area contributed by atoms with Crippen molar-refractivity contribution in [1.29, 1.82) is 0 Å². The van der Waals surface area contributed by atoms with Gasteiger partial charge < -0.3 is 14.2 Å². The SMILES string of the molecule is COC(=O)CC(NC(C)=O)c1ccc(OS(C)(=O)=O)cc1. The van der Waals surface area contributed by atoms with Crippen molar-refractivity contribution in [3.8, 4) is 5.75 Å². The Morgan fingerprint density at radius 2 is 1.81 bits per heavy atom. The minimum Gasteiger partial charge on any atom is -0.469 e. The number of carbonyl (C=O) groups is 2. The molecule has 7 nitrogen and oxygen atoms in total. The monoisotopic (exact) mass is 315 g/mol. The van der Waals surface area contributed by atoms with Crippen molar-refractivity contribution in [3.63, 3.8) is 0 Å². The highest BCUT2D eigenvalue weighted by Gasteiger charge is 2.17. The normalized spacial score (nSPS) is 12.3. The van der Waals surface area contributed by atoms with Gasteiger partial charge in [-0.1, -0.05) is 12.1 Å². The highest BCUT2D eigenvalue weighted by molar-refractivity contribution is 7.86. The molecule has 0 aliphatic rings. The van der Waals surface area contributed by atoms with Crippen molar-refractivity contribution in [2.75, 3.05) is 13.4 Å². The number of nitrogens with one attached hydrogen (secondary N) is 1. The van der Waals surface area contributed by atoms with Gasteiger partial charge in [0.2, 0.25) is 5.91 Å². The molecule has 0 heterocycles. The molecular weight excluding hydrogens is 298 g/mol. The number of amides is 1. The summed E-state index contributed by atoms with van der Waals surface area (Å²) < 4.78 is 31.3. The average molecular weight is 315 g/mol. The Labute approximate surface area is 123 Å². The molecule has 0 fully saturated rings. The Balaban J connectivity index is 2.92. The van der Waals surface area contributed by atoms with Crippen LogP contribution < -0.4 is 9.50 Å². The summed E-state index contributed by atoms with van der Waals surface area (Å²) in [4.78, 5) is 22.5. The molecule has 1 aromatic rings. The molecule has 0 aliphatic heterocycles. The Morgan fingerprint density at radius 1 is 1.24 bits per heavy atom. The molecule has 0 radical (unpaired) electrons. The van der Waals surface area contributed by atoms with Gasteiger partial charge >= 0.3 is 16.1 Å². The van der Waals surface area contributed by atoms with Gasteiger partial charge in [0.1, 0.15) is 5.75 Å². The molecule has 1 amide bonds. The van der Waals surface area contributed by atoms with Crippen LogP contribution in [0.15, 0.2) is 24.3 Å². The summed E-state index contributed by atoms with van der Waals surface area (Å²) in [5.74, 6) is -0.605. The highest BCUT2D eigenvalue weighted by Crippen LogP contribution is 2.21. The van der Waals surface area contributed by atoms with E-state index in [0.717, 1.165) is 6.26 Å². The van der Waals surface area contributed by atoms with Gasteiger partial charge in [-0.2, -0.15) is 8.42 Å². The third-order valence-corrected chi connectivity index (χ3v) is 3.00. The molecule has 0 bridgehead atoms. The number of methoxy groups -OCH3 is 1. The minimum atomic E-state index is -3.60. The average Bonchev–Trinajstić information content (AvgIpc) is 2.36. The molecule has 0 saturated heterocycles. The number of ether oxygens (including phenoxy) is 1. The second-order valence-corrected chi connectivity index (χ2v) is 5.96. The molecule has 1 atom stereocenters. The maximum absolute atomic E-state index is 11.4. The van der Waals surface area contributed by atoms with Crippen LogP contribution in [0.1, 0.15) is 24.9 Å². The quantitative estimate of drug-likeness (QED) is 0.615. The third kappa shape index (κ3) is 6.26. The fourth-order valence-electron chi connectivity index (χ4n) is 1.68. The smallest absolute Gasteiger partial charge is 0.307 e. The predicted octanol–water partition coefficient (Wildman–Crippen LogP) is 0.765. The number of benzene rings is 1. The number of carbonyl (C=O) groups excluding carboxylic acids is 2. The number of esters is 1. The van der Waals surface area contributed by atoms with Gasteiger partial charge in [-0.3, -0.25) is 9.59 Å². The first-order valence-electron chi connectivity index (χ1n) is 6.04. The van der Waals surface area contributed by atoms with E-state index in [4.69, 9.17) is 4.18 Å². The molecule has 1 rings (SSSR count). The third-order valence-electron chi connectivity index (χ3n) is 2.51. The van der Waals surface area contributed by atoms with Crippen LogP contribution in [0.2, 0.25) is 0 Å². The van der Waals surface area contributed by atoms with Crippen LogP contribution in [0.25, 0.3) is 0 Å². The van der Waals surface area contributed by atoms with E-state index in [-0.39, 0.29) is 18.1 Å². The zero-order valence-corrected chi connectivity index (χ0v) is 12.8. The van der Waals surface area contributed by atoms with Crippen molar-refractivity contribution in [3.05, 3.63) is 29.8 Å². The van der Waals surface area contributed by atoms with Crippen LogP contribution in [0, 0.1) is 0 Å². The number of hydrogen-bond donors (Lipinski definition) is 1. The first kappa shape index (κ1) is 17.0. The minimum absolute atomic E-state index is 0.0254. The van der Waals surface area contributed by atoms with Crippen LogP contribution >= 0.6 is 0 Å². The van der Waals surface area contributed by atoms with Gasteiger partial charge in [-0.05, 0) is 17.7 Å². The largest absolute Gasteiger partial charge is 0.469 e. The Kier molecular flexibility index (Phi) is 5.71. The topological polar surface area (TPSA) is 98.8 Å².